The molecule has 60 valence electrons. The van der Waals surface area contributed by atoms with E-state index in [2.05, 4.69) is 6.92 Å². The lowest BCUT2D eigenvalue weighted by molar-refractivity contribution is 0.448. The van der Waals surface area contributed by atoms with Crippen molar-refractivity contribution in [2.24, 2.45) is 0 Å². The SMILES string of the molecule is CCCCCC/C=C(/O)Cl. The summed E-state index contributed by atoms with van der Waals surface area (Å²) in [5.41, 5.74) is 0. The van der Waals surface area contributed by atoms with Crippen LogP contribution in [0.3, 0.4) is 0 Å². The highest BCUT2D eigenvalue weighted by Gasteiger charge is 1.86. The van der Waals surface area contributed by atoms with Crippen molar-refractivity contribution in [3.05, 3.63) is 11.3 Å². The Hall–Kier alpha value is -0.170. The first-order valence-electron chi connectivity index (χ1n) is 3.82. The summed E-state index contributed by atoms with van der Waals surface area (Å²) in [6.07, 6.45) is 7.43. The van der Waals surface area contributed by atoms with Crippen molar-refractivity contribution in [1.82, 2.24) is 0 Å². The molecular formula is C8H15ClO. The highest BCUT2D eigenvalue weighted by molar-refractivity contribution is 6.27. The fourth-order valence-corrected chi connectivity index (χ4v) is 0.901. The zero-order valence-electron chi connectivity index (χ0n) is 6.44. The average Bonchev–Trinajstić information content (AvgIpc) is 1.87. The summed E-state index contributed by atoms with van der Waals surface area (Å²) in [4.78, 5) is 0. The standard InChI is InChI=1S/C8H15ClO/c1-2-3-4-5-6-7-8(9)10/h7,10H,2-6H2,1H3/b8-7+. The number of hydrogen-bond donors (Lipinski definition) is 1. The molecule has 0 aromatic heterocycles. The van der Waals surface area contributed by atoms with Gasteiger partial charge in [0.2, 0.25) is 0 Å². The van der Waals surface area contributed by atoms with Crippen LogP contribution in [0.5, 0.6) is 0 Å². The van der Waals surface area contributed by atoms with Gasteiger partial charge in [-0.1, -0.05) is 26.2 Å². The number of halogens is 1. The highest BCUT2D eigenvalue weighted by atomic mass is 35.5. The van der Waals surface area contributed by atoms with Gasteiger partial charge in [0.1, 0.15) is 0 Å². The maximum atomic E-state index is 8.54. The van der Waals surface area contributed by atoms with E-state index in [1.165, 1.54) is 19.3 Å². The van der Waals surface area contributed by atoms with Crippen LogP contribution in [-0.2, 0) is 0 Å². The van der Waals surface area contributed by atoms with Gasteiger partial charge in [-0.2, -0.15) is 0 Å². The van der Waals surface area contributed by atoms with Crippen LogP contribution in [0.25, 0.3) is 0 Å². The van der Waals surface area contributed by atoms with E-state index in [9.17, 15) is 0 Å². The Balaban J connectivity index is 2.98. The van der Waals surface area contributed by atoms with Gasteiger partial charge >= 0.3 is 0 Å². The van der Waals surface area contributed by atoms with Crippen LogP contribution in [0.2, 0.25) is 0 Å². The number of unbranched alkanes of at least 4 members (excludes halogenated alkanes) is 4. The normalized spacial score (nSPS) is 12.0. The van der Waals surface area contributed by atoms with Crippen LogP contribution in [0, 0.1) is 0 Å². The second-order valence-corrected chi connectivity index (χ2v) is 2.76. The third-order valence-corrected chi connectivity index (χ3v) is 1.52. The Kier molecular flexibility index (Phi) is 6.83. The van der Waals surface area contributed by atoms with Crippen molar-refractivity contribution in [2.75, 3.05) is 0 Å². The monoisotopic (exact) mass is 162 g/mol. The van der Waals surface area contributed by atoms with E-state index in [1.807, 2.05) is 0 Å². The van der Waals surface area contributed by atoms with Gasteiger partial charge in [0, 0.05) is 0 Å². The lowest BCUT2D eigenvalue weighted by atomic mass is 10.1. The van der Waals surface area contributed by atoms with E-state index >= 15 is 0 Å². The lowest BCUT2D eigenvalue weighted by Crippen LogP contribution is -1.74. The van der Waals surface area contributed by atoms with Crippen LogP contribution in [0.4, 0.5) is 0 Å². The second-order valence-electron chi connectivity index (χ2n) is 2.38. The minimum atomic E-state index is -0.0727. The van der Waals surface area contributed by atoms with Gasteiger partial charge in [0.05, 0.1) is 0 Å². The fourth-order valence-electron chi connectivity index (χ4n) is 0.792. The Morgan fingerprint density at radius 2 is 2.10 bits per heavy atom. The molecule has 1 nitrogen and oxygen atoms in total. The van der Waals surface area contributed by atoms with Crippen LogP contribution in [0.15, 0.2) is 11.3 Å². The number of aliphatic hydroxyl groups is 1. The summed E-state index contributed by atoms with van der Waals surface area (Å²) in [5, 5.41) is 8.46. The van der Waals surface area contributed by atoms with Crippen LogP contribution < -0.4 is 0 Å². The number of rotatable bonds is 5. The zero-order valence-corrected chi connectivity index (χ0v) is 7.19. The first kappa shape index (κ1) is 9.83. The molecule has 0 bridgehead atoms. The predicted molar refractivity (Wildman–Crippen MR) is 45.3 cm³/mol. The second kappa shape index (κ2) is 6.94. The van der Waals surface area contributed by atoms with E-state index in [4.69, 9.17) is 16.7 Å². The van der Waals surface area contributed by atoms with E-state index in [0.29, 0.717) is 0 Å². The van der Waals surface area contributed by atoms with E-state index in [-0.39, 0.29) is 5.22 Å². The number of aliphatic hydroxyl groups excluding tert-OH is 1. The molecule has 10 heavy (non-hydrogen) atoms. The molecular weight excluding hydrogens is 148 g/mol. The molecule has 0 saturated heterocycles. The van der Waals surface area contributed by atoms with Crippen molar-refractivity contribution in [2.45, 2.75) is 39.0 Å². The largest absolute Gasteiger partial charge is 0.499 e. The summed E-state index contributed by atoms with van der Waals surface area (Å²) in [6, 6.07) is 0. The van der Waals surface area contributed by atoms with Crippen molar-refractivity contribution in [3.63, 3.8) is 0 Å². The van der Waals surface area contributed by atoms with Gasteiger partial charge in [-0.3, -0.25) is 0 Å². The van der Waals surface area contributed by atoms with Crippen molar-refractivity contribution in [3.8, 4) is 0 Å². The molecule has 0 spiro atoms. The Bertz CT molecular complexity index is 95.4. The van der Waals surface area contributed by atoms with Gasteiger partial charge in [-0.25, -0.2) is 0 Å². The van der Waals surface area contributed by atoms with Crippen molar-refractivity contribution in [1.29, 1.82) is 0 Å². The van der Waals surface area contributed by atoms with Crippen LogP contribution >= 0.6 is 11.6 Å². The fraction of sp³-hybridized carbons (Fsp3) is 0.750. The zero-order chi connectivity index (χ0) is 7.82. The molecule has 0 amide bonds. The van der Waals surface area contributed by atoms with Crippen LogP contribution in [0.1, 0.15) is 39.0 Å². The van der Waals surface area contributed by atoms with Gasteiger partial charge in [0.15, 0.2) is 5.22 Å². The molecule has 0 heterocycles. The van der Waals surface area contributed by atoms with E-state index < -0.39 is 0 Å². The molecule has 0 aromatic rings. The third kappa shape index (κ3) is 7.83. The van der Waals surface area contributed by atoms with Gasteiger partial charge in [-0.15, -0.1) is 0 Å². The summed E-state index contributed by atoms with van der Waals surface area (Å²) >= 11 is 5.21. The molecule has 0 saturated carbocycles. The smallest absolute Gasteiger partial charge is 0.180 e. The van der Waals surface area contributed by atoms with Crippen LogP contribution in [-0.4, -0.2) is 5.11 Å². The minimum Gasteiger partial charge on any atom is -0.499 e. The summed E-state index contributed by atoms with van der Waals surface area (Å²) in [7, 11) is 0. The summed E-state index contributed by atoms with van der Waals surface area (Å²) in [5.74, 6) is 0. The van der Waals surface area contributed by atoms with E-state index in [1.54, 1.807) is 6.08 Å². The molecule has 0 aliphatic heterocycles. The summed E-state index contributed by atoms with van der Waals surface area (Å²) in [6.45, 7) is 2.18. The Morgan fingerprint density at radius 3 is 2.60 bits per heavy atom. The van der Waals surface area contributed by atoms with Crippen molar-refractivity contribution < 1.29 is 5.11 Å². The molecule has 0 radical (unpaired) electrons. The first-order valence-corrected chi connectivity index (χ1v) is 4.19. The summed E-state index contributed by atoms with van der Waals surface area (Å²) < 4.78 is 0. The molecule has 0 aliphatic rings. The molecule has 0 rings (SSSR count). The molecule has 0 aliphatic carbocycles. The topological polar surface area (TPSA) is 20.2 Å². The van der Waals surface area contributed by atoms with Gasteiger partial charge in [0.25, 0.3) is 0 Å². The van der Waals surface area contributed by atoms with Crippen molar-refractivity contribution >= 4 is 11.6 Å². The number of allylic oxidation sites excluding steroid dienone is 1. The molecule has 0 unspecified atom stereocenters. The molecule has 1 N–H and O–H groups in total. The Morgan fingerprint density at radius 1 is 1.40 bits per heavy atom. The maximum absolute atomic E-state index is 8.54. The number of hydrogen-bond acceptors (Lipinski definition) is 1. The maximum Gasteiger partial charge on any atom is 0.180 e. The average molecular weight is 163 g/mol. The lowest BCUT2D eigenvalue weighted by Gasteiger charge is -1.93. The quantitative estimate of drug-likeness (QED) is 0.484. The molecule has 0 fully saturated rings. The molecule has 0 atom stereocenters. The third-order valence-electron chi connectivity index (χ3n) is 1.37. The molecule has 2 heteroatoms. The van der Waals surface area contributed by atoms with E-state index in [0.717, 1.165) is 12.8 Å². The molecule has 0 aromatic carbocycles. The highest BCUT2D eigenvalue weighted by Crippen LogP contribution is 2.05. The minimum absolute atomic E-state index is 0.0727. The predicted octanol–water partition coefficient (Wildman–Crippen LogP) is 3.60. The van der Waals surface area contributed by atoms with Gasteiger partial charge < -0.3 is 5.11 Å². The first-order chi connectivity index (χ1) is 4.77. The Labute approximate surface area is 67.7 Å². The van der Waals surface area contributed by atoms with Gasteiger partial charge in [-0.05, 0) is 30.5 Å².